The van der Waals surface area contributed by atoms with Crippen molar-refractivity contribution in [1.82, 2.24) is 10.3 Å². The number of hydrogen-bond acceptors (Lipinski definition) is 7. The van der Waals surface area contributed by atoms with E-state index in [4.69, 9.17) is 15.4 Å². The van der Waals surface area contributed by atoms with Gasteiger partial charge in [-0.15, -0.1) is 0 Å². The number of piperidine rings is 1. The van der Waals surface area contributed by atoms with Crippen LogP contribution < -0.4 is 21.3 Å². The van der Waals surface area contributed by atoms with E-state index in [1.807, 2.05) is 18.2 Å². The number of rotatable bonds is 7. The minimum atomic E-state index is -0.468. The molecule has 192 valence electrons. The summed E-state index contributed by atoms with van der Waals surface area (Å²) in [6.07, 6.45) is 8.41. The molecule has 4 N–H and O–H groups in total. The van der Waals surface area contributed by atoms with Crippen LogP contribution in [0.25, 0.3) is 11.3 Å². The minimum absolute atomic E-state index is 0.0228. The van der Waals surface area contributed by atoms with Crippen molar-refractivity contribution in [3.05, 3.63) is 65.9 Å². The molecule has 1 aliphatic heterocycles. The van der Waals surface area contributed by atoms with Crippen molar-refractivity contribution < 1.29 is 9.21 Å². The molecule has 0 unspecified atom stereocenters. The largest absolute Gasteiger partial charge is 0.424 e. The Labute approximate surface area is 217 Å². The molecule has 37 heavy (non-hydrogen) atoms. The fourth-order valence-electron chi connectivity index (χ4n) is 5.71. The normalized spacial score (nSPS) is 23.8. The summed E-state index contributed by atoms with van der Waals surface area (Å²) < 4.78 is 6.03. The standard InChI is InChI=1S/C29H34N6O2/c1-29(14-5-15-35(19-29)23-12-10-20(17-30)11-13-23)34-25-9-3-2-8-24(25)33-28-32-18-26(37-28)21-6-4-7-22(16-21)27(31)36/h4,6-7,10-13,16,18,24-25,34H,2-3,5,8-9,14-15,19H2,1H3,(H2,31,36)(H,32,33)/t24-,25-,29+/m1/s1. The molecule has 2 fully saturated rings. The van der Waals surface area contributed by atoms with Crippen LogP contribution in [0.2, 0.25) is 0 Å². The van der Waals surface area contributed by atoms with Crippen LogP contribution in [0.3, 0.4) is 0 Å². The van der Waals surface area contributed by atoms with Gasteiger partial charge in [0.15, 0.2) is 5.76 Å². The highest BCUT2D eigenvalue weighted by Gasteiger charge is 2.36. The average Bonchev–Trinajstić information content (AvgIpc) is 3.38. The third kappa shape index (κ3) is 5.78. The molecule has 8 heteroatoms. The third-order valence-electron chi connectivity index (χ3n) is 7.60. The van der Waals surface area contributed by atoms with Crippen molar-refractivity contribution in [3.8, 4) is 17.4 Å². The second kappa shape index (κ2) is 10.7. The van der Waals surface area contributed by atoms with Crippen LogP contribution in [0.15, 0.2) is 59.1 Å². The third-order valence-corrected chi connectivity index (χ3v) is 7.60. The Bertz CT molecular complexity index is 1280. The van der Waals surface area contributed by atoms with Crippen LogP contribution in [0.1, 0.15) is 61.4 Å². The van der Waals surface area contributed by atoms with Crippen molar-refractivity contribution in [2.45, 2.75) is 63.1 Å². The van der Waals surface area contributed by atoms with Crippen LogP contribution >= 0.6 is 0 Å². The number of nitriles is 1. The Morgan fingerprint density at radius 2 is 1.95 bits per heavy atom. The first-order valence-corrected chi connectivity index (χ1v) is 13.1. The predicted molar refractivity (Wildman–Crippen MR) is 144 cm³/mol. The minimum Gasteiger partial charge on any atom is -0.424 e. The van der Waals surface area contributed by atoms with Crippen molar-refractivity contribution in [1.29, 1.82) is 5.26 Å². The quantitative estimate of drug-likeness (QED) is 0.432. The first-order chi connectivity index (χ1) is 17.9. The summed E-state index contributed by atoms with van der Waals surface area (Å²) in [6.45, 7) is 4.26. The number of nitrogens with one attached hydrogen (secondary N) is 2. The number of nitrogens with two attached hydrogens (primary N) is 1. The van der Waals surface area contributed by atoms with Gasteiger partial charge in [-0.3, -0.25) is 4.79 Å². The molecule has 1 saturated heterocycles. The molecule has 0 radical (unpaired) electrons. The highest BCUT2D eigenvalue weighted by molar-refractivity contribution is 5.93. The van der Waals surface area contributed by atoms with Crippen molar-refractivity contribution in [3.63, 3.8) is 0 Å². The van der Waals surface area contributed by atoms with E-state index in [2.05, 4.69) is 45.6 Å². The van der Waals surface area contributed by atoms with Gasteiger partial charge >= 0.3 is 0 Å². The number of carbonyl (C=O) groups is 1. The SMILES string of the molecule is C[C@]1(N[C@@H]2CCCC[C@H]2Nc2ncc(-c3cccc(C(N)=O)c3)o2)CCCN(c2ccc(C#N)cc2)C1. The highest BCUT2D eigenvalue weighted by Crippen LogP contribution is 2.31. The molecular formula is C29H34N6O2. The van der Waals surface area contributed by atoms with E-state index < -0.39 is 5.91 Å². The Morgan fingerprint density at radius 1 is 1.16 bits per heavy atom. The number of hydrogen-bond donors (Lipinski definition) is 3. The number of amides is 1. The fourth-order valence-corrected chi connectivity index (χ4v) is 5.71. The molecule has 1 saturated carbocycles. The lowest BCUT2D eigenvalue weighted by Gasteiger charge is -2.46. The zero-order valence-electron chi connectivity index (χ0n) is 21.2. The van der Waals surface area contributed by atoms with Crippen LogP contribution in [0.4, 0.5) is 11.7 Å². The molecule has 5 rings (SSSR count). The summed E-state index contributed by atoms with van der Waals surface area (Å²) >= 11 is 0. The Balaban J connectivity index is 1.26. The molecular weight excluding hydrogens is 464 g/mol. The highest BCUT2D eigenvalue weighted by atomic mass is 16.4. The summed E-state index contributed by atoms with van der Waals surface area (Å²) in [4.78, 5) is 18.4. The molecule has 0 bridgehead atoms. The number of anilines is 2. The predicted octanol–water partition coefficient (Wildman–Crippen LogP) is 4.68. The first kappa shape index (κ1) is 24.8. The topological polar surface area (TPSA) is 120 Å². The van der Waals surface area contributed by atoms with Gasteiger partial charge in [-0.1, -0.05) is 25.0 Å². The maximum Gasteiger partial charge on any atom is 0.295 e. The molecule has 3 aromatic rings. The molecule has 1 aromatic heterocycles. The maximum atomic E-state index is 11.5. The molecule has 3 atom stereocenters. The number of oxazole rings is 1. The number of carbonyl (C=O) groups excluding carboxylic acids is 1. The summed E-state index contributed by atoms with van der Waals surface area (Å²) in [5.74, 6) is 0.132. The van der Waals surface area contributed by atoms with Gasteiger partial charge in [0, 0.05) is 47.5 Å². The maximum absolute atomic E-state index is 11.5. The van der Waals surface area contributed by atoms with E-state index >= 15 is 0 Å². The molecule has 1 amide bonds. The number of nitrogens with zero attached hydrogens (tertiary/aromatic N) is 3. The lowest BCUT2D eigenvalue weighted by Crippen LogP contribution is -2.61. The average molecular weight is 499 g/mol. The second-order valence-corrected chi connectivity index (χ2v) is 10.5. The molecule has 1 aliphatic carbocycles. The molecule has 8 nitrogen and oxygen atoms in total. The van der Waals surface area contributed by atoms with Gasteiger partial charge in [0.05, 0.1) is 17.8 Å². The van der Waals surface area contributed by atoms with Gasteiger partial charge in [0.2, 0.25) is 5.91 Å². The van der Waals surface area contributed by atoms with E-state index in [-0.39, 0.29) is 11.6 Å². The number of primary amides is 1. The summed E-state index contributed by atoms with van der Waals surface area (Å²) in [5, 5.41) is 16.7. The lowest BCUT2D eigenvalue weighted by atomic mass is 9.84. The Morgan fingerprint density at radius 3 is 2.70 bits per heavy atom. The van der Waals surface area contributed by atoms with Gasteiger partial charge in [0.25, 0.3) is 6.01 Å². The number of benzene rings is 2. The summed E-state index contributed by atoms with van der Waals surface area (Å²) in [5.41, 5.74) is 8.47. The van der Waals surface area contributed by atoms with Gasteiger partial charge < -0.3 is 25.7 Å². The van der Waals surface area contributed by atoms with Crippen molar-refractivity contribution in [2.24, 2.45) is 5.73 Å². The Kier molecular flexibility index (Phi) is 7.15. The molecule has 2 heterocycles. The van der Waals surface area contributed by atoms with E-state index in [1.54, 1.807) is 24.4 Å². The van der Waals surface area contributed by atoms with E-state index in [9.17, 15) is 4.79 Å². The fraction of sp³-hybridized carbons (Fsp3) is 0.414. The van der Waals surface area contributed by atoms with E-state index in [1.165, 1.54) is 6.42 Å². The van der Waals surface area contributed by atoms with Gasteiger partial charge in [-0.25, -0.2) is 4.98 Å². The summed E-state index contributed by atoms with van der Waals surface area (Å²) in [7, 11) is 0. The van der Waals surface area contributed by atoms with Crippen molar-refractivity contribution >= 4 is 17.6 Å². The number of aromatic nitrogens is 1. The zero-order valence-corrected chi connectivity index (χ0v) is 21.2. The van der Waals surface area contributed by atoms with Gasteiger partial charge in [-0.2, -0.15) is 5.26 Å². The molecule has 0 spiro atoms. The van der Waals surface area contributed by atoms with Crippen molar-refractivity contribution in [2.75, 3.05) is 23.3 Å². The summed E-state index contributed by atoms with van der Waals surface area (Å²) in [6, 6.07) is 18.2. The Hall–Kier alpha value is -3.83. The second-order valence-electron chi connectivity index (χ2n) is 10.5. The lowest BCUT2D eigenvalue weighted by molar-refractivity contribution is 0.100. The first-order valence-electron chi connectivity index (χ1n) is 13.1. The molecule has 2 aromatic carbocycles. The monoisotopic (exact) mass is 498 g/mol. The van der Waals surface area contributed by atoms with E-state index in [0.717, 1.165) is 56.4 Å². The van der Waals surface area contributed by atoms with Crippen LogP contribution in [0.5, 0.6) is 0 Å². The van der Waals surface area contributed by atoms with Gasteiger partial charge in [0.1, 0.15) is 0 Å². The van der Waals surface area contributed by atoms with Gasteiger partial charge in [-0.05, 0) is 69.0 Å². The van der Waals surface area contributed by atoms with E-state index in [0.29, 0.717) is 28.9 Å². The van der Waals surface area contributed by atoms with Crippen LogP contribution in [-0.2, 0) is 0 Å². The smallest absolute Gasteiger partial charge is 0.295 e. The zero-order chi connectivity index (χ0) is 25.8. The van der Waals surface area contributed by atoms with Crippen LogP contribution in [-0.4, -0.2) is 41.6 Å². The molecule has 2 aliphatic rings. The van der Waals surface area contributed by atoms with Crippen LogP contribution in [0, 0.1) is 11.3 Å².